The van der Waals surface area contributed by atoms with Crippen molar-refractivity contribution in [2.24, 2.45) is 29.1 Å². The van der Waals surface area contributed by atoms with Gasteiger partial charge in [0, 0.05) is 23.2 Å². The number of benzene rings is 1. The molecule has 34 heavy (non-hydrogen) atoms. The van der Waals surface area contributed by atoms with E-state index < -0.39 is 11.7 Å². The number of ether oxygens (including phenoxy) is 1. The first-order valence-electron chi connectivity index (χ1n) is 12.1. The van der Waals surface area contributed by atoms with E-state index in [-0.39, 0.29) is 40.9 Å². The SMILES string of the molecule is CC(C)(C)OC(=O)NCCCCNC(=O)[C@H]1[C@H](C(=O)Nc2ccc(Br)cc2)[C@@H]2C=C[C@H]1C21CC1. The zero-order chi connectivity index (χ0) is 24.5. The Morgan fingerprint density at radius 1 is 0.941 bits per heavy atom. The number of hydrogen-bond donors (Lipinski definition) is 3. The van der Waals surface area contributed by atoms with Crippen LogP contribution in [0.5, 0.6) is 0 Å². The zero-order valence-electron chi connectivity index (χ0n) is 20.0. The molecule has 3 amide bonds. The Morgan fingerprint density at radius 3 is 2.06 bits per heavy atom. The van der Waals surface area contributed by atoms with Gasteiger partial charge in [-0.3, -0.25) is 9.59 Å². The van der Waals surface area contributed by atoms with E-state index in [0.29, 0.717) is 13.1 Å². The van der Waals surface area contributed by atoms with E-state index in [0.717, 1.165) is 35.8 Å². The van der Waals surface area contributed by atoms with Crippen LogP contribution in [0.15, 0.2) is 40.9 Å². The highest BCUT2D eigenvalue weighted by Gasteiger charge is 2.69. The van der Waals surface area contributed by atoms with Crippen LogP contribution in [0.2, 0.25) is 0 Å². The van der Waals surface area contributed by atoms with Crippen LogP contribution in [0.1, 0.15) is 46.5 Å². The third kappa shape index (κ3) is 5.32. The van der Waals surface area contributed by atoms with Crippen LogP contribution in [0, 0.1) is 29.1 Å². The smallest absolute Gasteiger partial charge is 0.407 e. The molecule has 3 aliphatic carbocycles. The highest BCUT2D eigenvalue weighted by Crippen LogP contribution is 2.72. The molecular formula is C26H34BrN3O4. The first-order chi connectivity index (χ1) is 16.1. The molecule has 1 spiro atoms. The Bertz CT molecular complexity index is 965. The molecule has 2 bridgehead atoms. The fourth-order valence-electron chi connectivity index (χ4n) is 5.55. The van der Waals surface area contributed by atoms with E-state index in [4.69, 9.17) is 4.74 Å². The molecule has 2 saturated carbocycles. The van der Waals surface area contributed by atoms with E-state index in [2.05, 4.69) is 44.0 Å². The van der Waals surface area contributed by atoms with Crippen LogP contribution in [-0.4, -0.2) is 36.6 Å². The van der Waals surface area contributed by atoms with E-state index in [1.165, 1.54) is 0 Å². The molecule has 0 unspecified atom stereocenters. The van der Waals surface area contributed by atoms with Crippen molar-refractivity contribution in [1.82, 2.24) is 10.6 Å². The maximum absolute atomic E-state index is 13.3. The van der Waals surface area contributed by atoms with Crippen molar-refractivity contribution in [3.05, 3.63) is 40.9 Å². The van der Waals surface area contributed by atoms with Gasteiger partial charge < -0.3 is 20.7 Å². The van der Waals surface area contributed by atoms with Crippen molar-refractivity contribution in [2.75, 3.05) is 18.4 Å². The lowest BCUT2D eigenvalue weighted by atomic mass is 9.81. The first kappa shape index (κ1) is 24.8. The Labute approximate surface area is 209 Å². The van der Waals surface area contributed by atoms with Gasteiger partial charge in [-0.05, 0) is 88.0 Å². The monoisotopic (exact) mass is 531 g/mol. The fourth-order valence-corrected chi connectivity index (χ4v) is 5.82. The van der Waals surface area contributed by atoms with Crippen LogP contribution in [0.3, 0.4) is 0 Å². The van der Waals surface area contributed by atoms with Crippen LogP contribution in [0.4, 0.5) is 10.5 Å². The summed E-state index contributed by atoms with van der Waals surface area (Å²) in [5, 5.41) is 8.82. The molecule has 0 heterocycles. The molecule has 0 aliphatic heterocycles. The molecule has 184 valence electrons. The second-order valence-corrected chi connectivity index (χ2v) is 11.6. The summed E-state index contributed by atoms with van der Waals surface area (Å²) in [6.45, 7) is 6.48. The van der Waals surface area contributed by atoms with Crippen LogP contribution >= 0.6 is 15.9 Å². The van der Waals surface area contributed by atoms with Crippen molar-refractivity contribution < 1.29 is 19.1 Å². The molecular weight excluding hydrogens is 498 g/mol. The summed E-state index contributed by atoms with van der Waals surface area (Å²) in [6, 6.07) is 7.50. The topological polar surface area (TPSA) is 96.5 Å². The second kappa shape index (κ2) is 9.72. The Hall–Kier alpha value is -2.35. The third-order valence-corrected chi connectivity index (χ3v) is 7.66. The summed E-state index contributed by atoms with van der Waals surface area (Å²) in [6.07, 6.45) is 7.52. The number of allylic oxidation sites excluding steroid dienone is 2. The van der Waals surface area contributed by atoms with E-state index in [1.807, 2.05) is 45.0 Å². The second-order valence-electron chi connectivity index (χ2n) is 10.6. The maximum Gasteiger partial charge on any atom is 0.407 e. The zero-order valence-corrected chi connectivity index (χ0v) is 21.6. The predicted molar refractivity (Wildman–Crippen MR) is 134 cm³/mol. The molecule has 0 radical (unpaired) electrons. The summed E-state index contributed by atoms with van der Waals surface area (Å²) >= 11 is 3.41. The van der Waals surface area contributed by atoms with Crippen molar-refractivity contribution in [3.63, 3.8) is 0 Å². The molecule has 0 saturated heterocycles. The van der Waals surface area contributed by atoms with Gasteiger partial charge in [-0.2, -0.15) is 0 Å². The minimum Gasteiger partial charge on any atom is -0.444 e. The van der Waals surface area contributed by atoms with Crippen molar-refractivity contribution in [1.29, 1.82) is 0 Å². The molecule has 8 heteroatoms. The van der Waals surface area contributed by atoms with Gasteiger partial charge in [-0.25, -0.2) is 4.79 Å². The number of amides is 3. The third-order valence-electron chi connectivity index (χ3n) is 7.13. The Morgan fingerprint density at radius 2 is 1.50 bits per heavy atom. The van der Waals surface area contributed by atoms with Gasteiger partial charge in [0.25, 0.3) is 0 Å². The number of rotatable bonds is 8. The van der Waals surface area contributed by atoms with Gasteiger partial charge >= 0.3 is 6.09 Å². The van der Waals surface area contributed by atoms with Crippen molar-refractivity contribution >= 4 is 39.5 Å². The number of unbranched alkanes of at least 4 members (excludes halogenated alkanes) is 1. The minimum atomic E-state index is -0.522. The quantitative estimate of drug-likeness (QED) is 0.336. The van der Waals surface area contributed by atoms with Gasteiger partial charge in [0.15, 0.2) is 0 Å². The van der Waals surface area contributed by atoms with Gasteiger partial charge in [-0.15, -0.1) is 0 Å². The highest BCUT2D eigenvalue weighted by molar-refractivity contribution is 9.10. The first-order valence-corrected chi connectivity index (χ1v) is 12.9. The lowest BCUT2D eigenvalue weighted by Gasteiger charge is -2.26. The summed E-state index contributed by atoms with van der Waals surface area (Å²) in [5.41, 5.74) is 0.314. The van der Waals surface area contributed by atoms with Gasteiger partial charge in [-0.1, -0.05) is 28.1 Å². The van der Waals surface area contributed by atoms with Crippen molar-refractivity contribution in [2.45, 2.75) is 52.1 Å². The summed E-state index contributed by atoms with van der Waals surface area (Å²) in [5.74, 6) is -0.553. The largest absolute Gasteiger partial charge is 0.444 e. The molecule has 3 N–H and O–H groups in total. The Kier molecular flexibility index (Phi) is 7.08. The standard InChI is InChI=1S/C26H34BrN3O4/c1-25(2,3)34-24(33)29-15-5-4-14-28-22(31)20-18-10-11-19(26(18)12-13-26)21(20)23(32)30-17-8-6-16(27)7-9-17/h6-11,18-21H,4-5,12-15H2,1-3H3,(H,28,31)(H,29,33)(H,30,32)/t18-,19+,20-,21-/m1/s1. The maximum atomic E-state index is 13.3. The van der Waals surface area contributed by atoms with Crippen LogP contribution in [-0.2, 0) is 14.3 Å². The van der Waals surface area contributed by atoms with Gasteiger partial charge in [0.05, 0.1) is 11.8 Å². The number of carbonyl (C=O) groups excluding carboxylic acids is 3. The Balaban J connectivity index is 1.29. The minimum absolute atomic E-state index is 0.0424. The van der Waals surface area contributed by atoms with Gasteiger partial charge in [0.1, 0.15) is 5.60 Å². The lowest BCUT2D eigenvalue weighted by Crippen LogP contribution is -2.42. The molecule has 4 rings (SSSR count). The highest BCUT2D eigenvalue weighted by atomic mass is 79.9. The average Bonchev–Trinajstić information content (AvgIpc) is 3.43. The molecule has 3 aliphatic rings. The van der Waals surface area contributed by atoms with E-state index in [9.17, 15) is 14.4 Å². The lowest BCUT2D eigenvalue weighted by molar-refractivity contribution is -0.132. The van der Waals surface area contributed by atoms with Gasteiger partial charge in [0.2, 0.25) is 11.8 Å². The normalized spacial score (nSPS) is 25.8. The summed E-state index contributed by atoms with van der Waals surface area (Å²) in [4.78, 5) is 38.3. The molecule has 1 aromatic carbocycles. The molecule has 4 atom stereocenters. The number of nitrogens with one attached hydrogen (secondary N) is 3. The number of alkyl carbamates (subject to hydrolysis) is 1. The molecule has 7 nitrogen and oxygen atoms in total. The molecule has 1 aromatic rings. The molecule has 2 fully saturated rings. The summed E-state index contributed by atoms with van der Waals surface area (Å²) in [7, 11) is 0. The predicted octanol–water partition coefficient (Wildman–Crippen LogP) is 4.64. The van der Waals surface area contributed by atoms with Crippen molar-refractivity contribution in [3.8, 4) is 0 Å². The number of hydrogen-bond acceptors (Lipinski definition) is 4. The van der Waals surface area contributed by atoms with Crippen LogP contribution in [0.25, 0.3) is 0 Å². The molecule has 0 aromatic heterocycles. The summed E-state index contributed by atoms with van der Waals surface area (Å²) < 4.78 is 6.17. The van der Waals surface area contributed by atoms with E-state index >= 15 is 0 Å². The number of carbonyl (C=O) groups is 3. The van der Waals surface area contributed by atoms with Crippen LogP contribution < -0.4 is 16.0 Å². The van der Waals surface area contributed by atoms with E-state index in [1.54, 1.807) is 0 Å². The fraction of sp³-hybridized carbons (Fsp3) is 0.577. The number of anilines is 1. The average molecular weight is 532 g/mol. The number of halogens is 1.